The van der Waals surface area contributed by atoms with Crippen LogP contribution < -0.4 is 47.7 Å². The molecule has 6 nitrogen and oxygen atoms in total. The first-order valence-corrected chi connectivity index (χ1v) is 57.1. The van der Waals surface area contributed by atoms with Crippen molar-refractivity contribution < 1.29 is 13.7 Å². The summed E-state index contributed by atoms with van der Waals surface area (Å²) in [5.41, 5.74) is 42.3. The molecule has 0 fully saturated rings. The minimum Gasteiger partial charge on any atom is -0.309 e. The molecule has 22 aromatic carbocycles. The van der Waals surface area contributed by atoms with Crippen LogP contribution in [0.5, 0.6) is 0 Å². The molecule has 0 saturated carbocycles. The standard InChI is InChI=1S/C51H36NOP.2C45H32NOP/c1-51(2)44-31-35(33-13-5-3-6-14-33)23-27-39(44)40-28-24-36(32-45(40)51)34-21-25-37(26-22-34)52-46-19-11-9-17-41(46)42-29-30-48-49(50(42)52)43-18-10-12-20-47(43)54(48,53)38-15-7-4-8-16-38;1-45(2)37-19-9-6-16-35(37)42-32(18-12-20-38(42)45)29-23-25-30(26-24-29)46-39-21-10-7-15-33(39)34-27-28-41-43(44(34)46)36-17-8-11-22-40(36)48(41,47)31-13-4-3-5-14-31;1-45(2)38-17-9-6-14-33(38)37-28-30(22-26-39(37)45)29-20-23-31(24-21-29)46-40-18-10-7-15-34(40)35-25-27-42-43(44(35)46)36-16-8-11-19-41(36)48(42,47)32-12-4-3-5-13-32/h3-32H,1-2H3;2*3-28H,1-2H3. The van der Waals surface area contributed by atoms with E-state index in [0.29, 0.717) is 0 Å². The van der Waals surface area contributed by atoms with Crippen LogP contribution in [0, 0.1) is 0 Å². The average Bonchev–Trinajstić information content (AvgIpc) is 1.53. The molecule has 0 amide bonds. The smallest absolute Gasteiger partial charge is 0.172 e. The van der Waals surface area contributed by atoms with Gasteiger partial charge in [-0.3, -0.25) is 0 Å². The fourth-order valence-electron chi connectivity index (χ4n) is 26.6. The second kappa shape index (κ2) is 33.5. The van der Waals surface area contributed by atoms with E-state index in [9.17, 15) is 0 Å². The summed E-state index contributed by atoms with van der Waals surface area (Å²) < 4.78 is 53.3. The van der Waals surface area contributed by atoms with E-state index in [0.717, 1.165) is 131 Å². The third-order valence-electron chi connectivity index (χ3n) is 33.7. The first kappa shape index (κ1) is 89.3. The van der Waals surface area contributed by atoms with E-state index in [2.05, 4.69) is 443 Å². The lowest BCUT2D eigenvalue weighted by Crippen LogP contribution is -2.20. The molecule has 3 atom stereocenters. The molecule has 25 aromatic rings. The van der Waals surface area contributed by atoms with Crippen molar-refractivity contribution in [1.82, 2.24) is 13.7 Å². The highest BCUT2D eigenvalue weighted by Crippen LogP contribution is 2.62. The van der Waals surface area contributed by atoms with Crippen molar-refractivity contribution in [1.29, 1.82) is 0 Å². The van der Waals surface area contributed by atoms with Crippen LogP contribution in [0.3, 0.4) is 0 Å². The molecule has 6 heterocycles. The lowest BCUT2D eigenvalue weighted by atomic mass is 9.81. The molecule has 9 heteroatoms. The summed E-state index contributed by atoms with van der Waals surface area (Å²) in [6.45, 7) is 14.0. The van der Waals surface area contributed by atoms with Gasteiger partial charge in [0.2, 0.25) is 0 Å². The van der Waals surface area contributed by atoms with Crippen LogP contribution >= 0.6 is 21.4 Å². The normalized spacial score (nSPS) is 16.7. The number of nitrogens with zero attached hydrogens (tertiary/aromatic N) is 3. The monoisotopic (exact) mass is 1980 g/mol. The number of aromatic nitrogens is 3. The van der Waals surface area contributed by atoms with Gasteiger partial charge in [-0.1, -0.05) is 448 Å². The van der Waals surface area contributed by atoms with Crippen LogP contribution in [0.1, 0.15) is 74.9 Å². The van der Waals surface area contributed by atoms with Crippen LogP contribution in [0.25, 0.3) is 194 Å². The van der Waals surface area contributed by atoms with Gasteiger partial charge in [-0.15, -0.1) is 0 Å². The van der Waals surface area contributed by atoms with Gasteiger partial charge >= 0.3 is 0 Å². The minimum absolute atomic E-state index is 0.00575. The summed E-state index contributed by atoms with van der Waals surface area (Å²) in [7, 11) is -9.21. The number of hydrogen-bond acceptors (Lipinski definition) is 3. The van der Waals surface area contributed by atoms with Crippen LogP contribution in [0.2, 0.25) is 0 Å². The van der Waals surface area contributed by atoms with Gasteiger partial charge < -0.3 is 27.4 Å². The third-order valence-corrected chi connectivity index (χ3v) is 43.1. The molecule has 0 bridgehead atoms. The van der Waals surface area contributed by atoms with Crippen molar-refractivity contribution in [3.63, 3.8) is 0 Å². The first-order chi connectivity index (χ1) is 73.4. The van der Waals surface area contributed by atoms with Gasteiger partial charge in [0.15, 0.2) is 21.4 Å². The lowest BCUT2D eigenvalue weighted by molar-refractivity contribution is 0.592. The molecule has 150 heavy (non-hydrogen) atoms. The SMILES string of the molecule is CC1(C)c2cc(-c3ccccc3)ccc2-c2ccc(-c3ccc(-n4c5ccccc5c5ccc6c(c54)-c4ccccc4P6(=O)c4ccccc4)cc3)cc21.CC1(C)c2ccccc2-c2c(-c3ccc(-n4c5ccccc5c5ccc6c(c54)-c4ccccc4P6(=O)c4ccccc4)cc3)cccc21.CC1(C)c2ccccc2-c2cc(-c3ccc(-n4c5ccccc5c5ccc6c(c54)-c4ccccc4P6(=O)c4ccccc4)cc3)ccc21. The van der Waals surface area contributed by atoms with Crippen molar-refractivity contribution in [2.45, 2.75) is 57.8 Å². The Morgan fingerprint density at radius 2 is 0.447 bits per heavy atom. The van der Waals surface area contributed by atoms with E-state index in [1.165, 1.54) is 144 Å². The van der Waals surface area contributed by atoms with Crippen LogP contribution in [-0.4, -0.2) is 13.7 Å². The zero-order valence-corrected chi connectivity index (χ0v) is 86.4. The second-order valence-electron chi connectivity index (χ2n) is 42.5. The summed E-state index contributed by atoms with van der Waals surface area (Å²) in [5.74, 6) is 0. The van der Waals surface area contributed by atoms with E-state index >= 15 is 13.7 Å². The summed E-state index contributed by atoms with van der Waals surface area (Å²) in [6.07, 6.45) is 0. The van der Waals surface area contributed by atoms with Gasteiger partial charge in [0, 0.05) is 130 Å². The van der Waals surface area contributed by atoms with E-state index in [4.69, 9.17) is 0 Å². The molecule has 712 valence electrons. The zero-order chi connectivity index (χ0) is 101. The molecule has 3 aliphatic heterocycles. The Kier molecular flexibility index (Phi) is 19.9. The quantitative estimate of drug-likeness (QED) is 0.128. The molecule has 31 rings (SSSR count). The summed E-state index contributed by atoms with van der Waals surface area (Å²) in [6, 6.07) is 177. The third kappa shape index (κ3) is 12.8. The van der Waals surface area contributed by atoms with Gasteiger partial charge in [0.05, 0.1) is 33.1 Å². The van der Waals surface area contributed by atoms with E-state index in [-0.39, 0.29) is 16.2 Å². The highest BCUT2D eigenvalue weighted by atomic mass is 31.2. The van der Waals surface area contributed by atoms with Gasteiger partial charge in [0.25, 0.3) is 0 Å². The summed E-state index contributed by atoms with van der Waals surface area (Å²) in [4.78, 5) is 0. The molecule has 0 N–H and O–H groups in total. The fraction of sp³-hybridized carbons (Fsp3) is 0.0638. The molecule has 6 aliphatic rings. The van der Waals surface area contributed by atoms with Gasteiger partial charge in [-0.2, -0.15) is 0 Å². The van der Waals surface area contributed by atoms with Crippen LogP contribution in [0.15, 0.2) is 497 Å². The van der Waals surface area contributed by atoms with Gasteiger partial charge in [-0.25, -0.2) is 0 Å². The molecule has 0 radical (unpaired) electrons. The van der Waals surface area contributed by atoms with E-state index in [1.807, 2.05) is 109 Å². The van der Waals surface area contributed by atoms with Gasteiger partial charge in [-0.05, 0) is 219 Å². The molecular weight excluding hydrogens is 1880 g/mol. The summed E-state index contributed by atoms with van der Waals surface area (Å²) >= 11 is 0. The number of rotatable bonds is 10. The topological polar surface area (TPSA) is 66.0 Å². The van der Waals surface area contributed by atoms with Crippen molar-refractivity contribution in [2.75, 3.05) is 0 Å². The van der Waals surface area contributed by atoms with Crippen molar-refractivity contribution in [2.24, 2.45) is 0 Å². The van der Waals surface area contributed by atoms with Crippen molar-refractivity contribution in [3.8, 4) is 128 Å². The van der Waals surface area contributed by atoms with Crippen LogP contribution in [-0.2, 0) is 29.9 Å². The summed E-state index contributed by atoms with van der Waals surface area (Å²) in [5, 5.41) is 15.2. The van der Waals surface area contributed by atoms with E-state index < -0.39 is 21.4 Å². The zero-order valence-electron chi connectivity index (χ0n) is 83.8. The van der Waals surface area contributed by atoms with Crippen molar-refractivity contribution in [3.05, 3.63) is 531 Å². The van der Waals surface area contributed by atoms with Crippen molar-refractivity contribution >= 4 is 135 Å². The maximum Gasteiger partial charge on any atom is 0.172 e. The Hall–Kier alpha value is -17.1. The largest absolute Gasteiger partial charge is 0.309 e. The number of fused-ring (bicyclic) bond motifs is 30. The van der Waals surface area contributed by atoms with Crippen LogP contribution in [0.4, 0.5) is 0 Å². The predicted molar refractivity (Wildman–Crippen MR) is 632 cm³/mol. The molecule has 3 unspecified atom stereocenters. The first-order valence-electron chi connectivity index (χ1n) is 52.0. The average molecular weight is 1980 g/mol. The predicted octanol–water partition coefficient (Wildman–Crippen LogP) is 32.8. The maximum atomic E-state index is 15.4. The molecular formula is C141H100N3O3P3. The molecule has 3 aliphatic carbocycles. The number of hydrogen-bond donors (Lipinski definition) is 0. The van der Waals surface area contributed by atoms with E-state index in [1.54, 1.807) is 0 Å². The Bertz CT molecular complexity index is 10200. The molecule has 0 spiro atoms. The maximum absolute atomic E-state index is 15.4. The minimum atomic E-state index is -3.08. The van der Waals surface area contributed by atoms with Gasteiger partial charge in [0.1, 0.15) is 0 Å². The number of benzene rings is 22. The molecule has 3 aromatic heterocycles. The Labute approximate surface area is 872 Å². The Balaban J connectivity index is 0.000000106. The highest BCUT2D eigenvalue weighted by Gasteiger charge is 2.48. The Morgan fingerprint density at radius 1 is 0.167 bits per heavy atom. The Morgan fingerprint density at radius 3 is 0.860 bits per heavy atom. The number of para-hydroxylation sites is 3. The lowest BCUT2D eigenvalue weighted by Gasteiger charge is -2.22. The fourth-order valence-corrected chi connectivity index (χ4v) is 35.7. The second-order valence-corrected chi connectivity index (χ2v) is 50.6. The highest BCUT2D eigenvalue weighted by molar-refractivity contribution is 7.87. The molecule has 0 saturated heterocycles.